The highest BCUT2D eigenvalue weighted by atomic mass is 16.2. The van der Waals surface area contributed by atoms with Crippen LogP contribution in [0.3, 0.4) is 0 Å². The largest absolute Gasteiger partial charge is 0.397 e. The number of nitrogens with one attached hydrogen (secondary N) is 1. The summed E-state index contributed by atoms with van der Waals surface area (Å²) in [4.78, 5) is 15.6. The zero-order chi connectivity index (χ0) is 13.2. The maximum Gasteiger partial charge on any atom is 0.226 e. The lowest BCUT2D eigenvalue weighted by Gasteiger charge is -2.05. The lowest BCUT2D eigenvalue weighted by molar-refractivity contribution is -0.120. The van der Waals surface area contributed by atoms with Crippen LogP contribution in [-0.2, 0) is 11.2 Å². The van der Waals surface area contributed by atoms with E-state index in [1.165, 1.54) is 0 Å². The molecule has 4 N–H and O–H groups in total. The lowest BCUT2D eigenvalue weighted by atomic mass is 10.2. The van der Waals surface area contributed by atoms with Crippen LogP contribution in [0.4, 0.5) is 5.69 Å². The van der Waals surface area contributed by atoms with Gasteiger partial charge in [0.25, 0.3) is 0 Å². The minimum absolute atomic E-state index is 0.0190. The van der Waals surface area contributed by atoms with Gasteiger partial charge in [-0.15, -0.1) is 0 Å². The molecule has 5 nitrogen and oxygen atoms in total. The van der Waals surface area contributed by atoms with Gasteiger partial charge in [-0.1, -0.05) is 12.8 Å². The first-order valence-corrected chi connectivity index (χ1v) is 6.30. The fourth-order valence-corrected chi connectivity index (χ4v) is 1.59. The van der Waals surface area contributed by atoms with Crippen LogP contribution >= 0.6 is 0 Å². The molecule has 0 aliphatic heterocycles. The Kier molecular flexibility index (Phi) is 6.79. The number of nitrogens with zero attached hydrogens (tertiary/aromatic N) is 1. The fraction of sp³-hybridized carbons (Fsp3) is 0.538. The van der Waals surface area contributed by atoms with Crippen molar-refractivity contribution >= 4 is 11.6 Å². The van der Waals surface area contributed by atoms with E-state index in [1.807, 2.05) is 0 Å². The predicted molar refractivity (Wildman–Crippen MR) is 70.9 cm³/mol. The van der Waals surface area contributed by atoms with E-state index >= 15 is 0 Å². The second kappa shape index (κ2) is 8.47. The predicted octanol–water partition coefficient (Wildman–Crippen LogP) is 0.875. The van der Waals surface area contributed by atoms with Crippen molar-refractivity contribution in [1.29, 1.82) is 0 Å². The van der Waals surface area contributed by atoms with Crippen molar-refractivity contribution < 1.29 is 9.90 Å². The molecule has 0 spiro atoms. The molecule has 1 aromatic heterocycles. The first-order valence-electron chi connectivity index (χ1n) is 6.30. The number of aliphatic hydroxyl groups excluding tert-OH is 1. The molecule has 0 atom stereocenters. The number of aliphatic hydroxyl groups is 1. The average molecular weight is 251 g/mol. The zero-order valence-electron chi connectivity index (χ0n) is 10.6. The molecule has 0 radical (unpaired) electrons. The number of nitrogens with two attached hydrogens (primary N) is 1. The summed E-state index contributed by atoms with van der Waals surface area (Å²) < 4.78 is 0. The number of unbranched alkanes of at least 4 members (excludes halogenated alkanes) is 3. The van der Waals surface area contributed by atoms with Crippen LogP contribution < -0.4 is 11.1 Å². The van der Waals surface area contributed by atoms with Crippen molar-refractivity contribution in [2.24, 2.45) is 0 Å². The van der Waals surface area contributed by atoms with Gasteiger partial charge in [-0.05, 0) is 25.0 Å². The zero-order valence-corrected chi connectivity index (χ0v) is 10.6. The SMILES string of the molecule is Nc1ccc(CC(=O)NCCCCCCO)nc1. The number of amides is 1. The van der Waals surface area contributed by atoms with E-state index in [-0.39, 0.29) is 18.9 Å². The summed E-state index contributed by atoms with van der Waals surface area (Å²) in [5.74, 6) is -0.0190. The van der Waals surface area contributed by atoms with Crippen molar-refractivity contribution in [3.63, 3.8) is 0 Å². The molecule has 1 aromatic rings. The van der Waals surface area contributed by atoms with Crippen molar-refractivity contribution in [2.75, 3.05) is 18.9 Å². The van der Waals surface area contributed by atoms with E-state index in [4.69, 9.17) is 10.8 Å². The van der Waals surface area contributed by atoms with Gasteiger partial charge < -0.3 is 16.2 Å². The average Bonchev–Trinajstić information content (AvgIpc) is 2.36. The third kappa shape index (κ3) is 6.20. The molecule has 0 aliphatic carbocycles. The van der Waals surface area contributed by atoms with Crippen LogP contribution in [0.5, 0.6) is 0 Å². The minimum Gasteiger partial charge on any atom is -0.397 e. The monoisotopic (exact) mass is 251 g/mol. The lowest BCUT2D eigenvalue weighted by Crippen LogP contribution is -2.26. The molecule has 1 heterocycles. The smallest absolute Gasteiger partial charge is 0.226 e. The van der Waals surface area contributed by atoms with E-state index in [0.717, 1.165) is 31.4 Å². The maximum absolute atomic E-state index is 11.6. The highest BCUT2D eigenvalue weighted by Crippen LogP contribution is 2.02. The molecule has 0 bridgehead atoms. The van der Waals surface area contributed by atoms with Gasteiger partial charge in [0.15, 0.2) is 0 Å². The van der Waals surface area contributed by atoms with Crippen LogP contribution in [0.15, 0.2) is 18.3 Å². The normalized spacial score (nSPS) is 10.3. The van der Waals surface area contributed by atoms with Crippen LogP contribution in [0.2, 0.25) is 0 Å². The number of hydrogen-bond donors (Lipinski definition) is 3. The summed E-state index contributed by atoms with van der Waals surface area (Å²) in [5.41, 5.74) is 6.84. The molecule has 1 amide bonds. The first kappa shape index (κ1) is 14.4. The molecular weight excluding hydrogens is 230 g/mol. The van der Waals surface area contributed by atoms with Crippen molar-refractivity contribution in [1.82, 2.24) is 10.3 Å². The number of rotatable bonds is 8. The summed E-state index contributed by atoms with van der Waals surface area (Å²) in [6.07, 6.45) is 5.66. The number of hydrogen-bond acceptors (Lipinski definition) is 4. The van der Waals surface area contributed by atoms with Crippen LogP contribution in [-0.4, -0.2) is 29.1 Å². The van der Waals surface area contributed by atoms with E-state index in [9.17, 15) is 4.79 Å². The van der Waals surface area contributed by atoms with Crippen LogP contribution in [0.1, 0.15) is 31.4 Å². The first-order chi connectivity index (χ1) is 8.72. The van der Waals surface area contributed by atoms with Gasteiger partial charge in [-0.25, -0.2) is 0 Å². The Hall–Kier alpha value is -1.62. The Morgan fingerprint density at radius 2 is 2.06 bits per heavy atom. The van der Waals surface area contributed by atoms with Gasteiger partial charge >= 0.3 is 0 Å². The van der Waals surface area contributed by atoms with Gasteiger partial charge in [-0.2, -0.15) is 0 Å². The molecule has 0 aromatic carbocycles. The molecule has 0 unspecified atom stereocenters. The maximum atomic E-state index is 11.6. The topological polar surface area (TPSA) is 88.2 Å². The molecular formula is C13H21N3O2. The third-order valence-corrected chi connectivity index (χ3v) is 2.60. The highest BCUT2D eigenvalue weighted by molar-refractivity contribution is 5.78. The highest BCUT2D eigenvalue weighted by Gasteiger charge is 2.03. The van der Waals surface area contributed by atoms with E-state index in [1.54, 1.807) is 18.3 Å². The summed E-state index contributed by atoms with van der Waals surface area (Å²) >= 11 is 0. The molecule has 1 rings (SSSR count). The van der Waals surface area contributed by atoms with Crippen molar-refractivity contribution in [3.05, 3.63) is 24.0 Å². The number of carbonyl (C=O) groups excluding carboxylic acids is 1. The van der Waals surface area contributed by atoms with Gasteiger partial charge in [-0.3, -0.25) is 9.78 Å². The van der Waals surface area contributed by atoms with E-state index in [2.05, 4.69) is 10.3 Å². The fourth-order valence-electron chi connectivity index (χ4n) is 1.59. The second-order valence-electron chi connectivity index (χ2n) is 4.25. The van der Waals surface area contributed by atoms with Crippen LogP contribution in [0, 0.1) is 0 Å². The Balaban J connectivity index is 2.12. The molecule has 100 valence electrons. The molecule has 0 saturated carbocycles. The Bertz CT molecular complexity index is 352. The summed E-state index contributed by atoms with van der Waals surface area (Å²) in [6, 6.07) is 3.50. The van der Waals surface area contributed by atoms with Gasteiger partial charge in [0, 0.05) is 18.8 Å². The Morgan fingerprint density at radius 3 is 2.72 bits per heavy atom. The van der Waals surface area contributed by atoms with Crippen molar-refractivity contribution in [3.8, 4) is 0 Å². The third-order valence-electron chi connectivity index (χ3n) is 2.60. The number of carbonyl (C=O) groups is 1. The Labute approximate surface area is 107 Å². The Morgan fingerprint density at radius 1 is 1.28 bits per heavy atom. The number of pyridine rings is 1. The van der Waals surface area contributed by atoms with Gasteiger partial charge in [0.1, 0.15) is 0 Å². The molecule has 0 fully saturated rings. The van der Waals surface area contributed by atoms with E-state index in [0.29, 0.717) is 12.2 Å². The van der Waals surface area contributed by atoms with Crippen molar-refractivity contribution in [2.45, 2.75) is 32.1 Å². The standard InChI is InChI=1S/C13H21N3O2/c14-11-5-6-12(16-10-11)9-13(18)15-7-3-1-2-4-8-17/h5-6,10,17H,1-4,7-9,14H2,(H,15,18). The van der Waals surface area contributed by atoms with E-state index < -0.39 is 0 Å². The molecule has 0 saturated heterocycles. The minimum atomic E-state index is -0.0190. The number of anilines is 1. The number of aromatic nitrogens is 1. The summed E-state index contributed by atoms with van der Waals surface area (Å²) in [5, 5.41) is 11.5. The van der Waals surface area contributed by atoms with Gasteiger partial charge in [0.05, 0.1) is 18.3 Å². The second-order valence-corrected chi connectivity index (χ2v) is 4.25. The molecule has 18 heavy (non-hydrogen) atoms. The van der Waals surface area contributed by atoms with Gasteiger partial charge in [0.2, 0.25) is 5.91 Å². The summed E-state index contributed by atoms with van der Waals surface area (Å²) in [6.45, 7) is 0.925. The molecule has 5 heteroatoms. The molecule has 0 aliphatic rings. The summed E-state index contributed by atoms with van der Waals surface area (Å²) in [7, 11) is 0. The van der Waals surface area contributed by atoms with Crippen LogP contribution in [0.25, 0.3) is 0 Å². The number of nitrogen functional groups attached to an aromatic ring is 1. The quantitative estimate of drug-likeness (QED) is 0.598.